The molecule has 15 heavy (non-hydrogen) atoms. The highest BCUT2D eigenvalue weighted by Gasteiger charge is 2.36. The van der Waals surface area contributed by atoms with Gasteiger partial charge in [-0.15, -0.1) is 0 Å². The fourth-order valence-electron chi connectivity index (χ4n) is 2.16. The van der Waals surface area contributed by atoms with Gasteiger partial charge in [0.15, 0.2) is 0 Å². The lowest BCUT2D eigenvalue weighted by Crippen LogP contribution is -2.45. The van der Waals surface area contributed by atoms with E-state index in [1.54, 1.807) is 0 Å². The minimum absolute atomic E-state index is 0.913. The highest BCUT2D eigenvalue weighted by molar-refractivity contribution is 7.58. The van der Waals surface area contributed by atoms with Gasteiger partial charge in [-0.2, -0.15) is 0 Å². The molecular formula is C10H25N2OPSi. The van der Waals surface area contributed by atoms with Crippen molar-refractivity contribution in [3.05, 3.63) is 0 Å². The van der Waals surface area contributed by atoms with E-state index in [-0.39, 0.29) is 0 Å². The summed E-state index contributed by atoms with van der Waals surface area (Å²) in [6, 6.07) is 0. The van der Waals surface area contributed by atoms with Crippen LogP contribution in [0.5, 0.6) is 0 Å². The number of hydrogen-bond donors (Lipinski definition) is 0. The third-order valence-corrected chi connectivity index (χ3v) is 7.42. The summed E-state index contributed by atoms with van der Waals surface area (Å²) in [6.07, 6.45) is 2.23. The van der Waals surface area contributed by atoms with Gasteiger partial charge >= 0.3 is 0 Å². The van der Waals surface area contributed by atoms with Crippen molar-refractivity contribution < 1.29 is 4.57 Å². The van der Waals surface area contributed by atoms with Crippen LogP contribution < -0.4 is 0 Å². The predicted molar refractivity (Wildman–Crippen MR) is 70.3 cm³/mol. The molecule has 0 aromatic rings. The van der Waals surface area contributed by atoms with Gasteiger partial charge < -0.3 is 0 Å². The molecule has 1 fully saturated rings. The Hall–Kier alpha value is 0.367. The highest BCUT2D eigenvalue weighted by atomic mass is 31.2. The molecular weight excluding hydrogens is 223 g/mol. The number of hydrogen-bond acceptors (Lipinski definition) is 1. The van der Waals surface area contributed by atoms with E-state index in [4.69, 9.17) is 0 Å². The van der Waals surface area contributed by atoms with E-state index in [1.165, 1.54) is 0 Å². The van der Waals surface area contributed by atoms with Gasteiger partial charge in [0.2, 0.25) is 7.44 Å². The third-order valence-electron chi connectivity index (χ3n) is 2.90. The van der Waals surface area contributed by atoms with Crippen LogP contribution in [0.25, 0.3) is 0 Å². The Labute approximate surface area is 95.3 Å². The van der Waals surface area contributed by atoms with Gasteiger partial charge in [0.1, 0.15) is 0 Å². The molecule has 0 aromatic carbocycles. The second-order valence-electron chi connectivity index (χ2n) is 5.68. The summed E-state index contributed by atoms with van der Waals surface area (Å²) >= 11 is 0. The van der Waals surface area contributed by atoms with Crippen LogP contribution in [-0.4, -0.2) is 49.9 Å². The first-order valence-electron chi connectivity index (χ1n) is 5.86. The second-order valence-corrected chi connectivity index (χ2v) is 13.9. The fourth-order valence-corrected chi connectivity index (χ4v) is 7.65. The van der Waals surface area contributed by atoms with Crippen molar-refractivity contribution in [3.63, 3.8) is 0 Å². The van der Waals surface area contributed by atoms with E-state index in [0.717, 1.165) is 32.2 Å². The summed E-state index contributed by atoms with van der Waals surface area (Å²) in [7, 11) is -3.35. The molecule has 1 unspecified atom stereocenters. The summed E-state index contributed by atoms with van der Waals surface area (Å²) in [5.41, 5.74) is 0. The fraction of sp³-hybridized carbons (Fsp3) is 1.00. The normalized spacial score (nSPS) is 30.7. The summed E-state index contributed by atoms with van der Waals surface area (Å²) in [4.78, 5) is 0. The summed E-state index contributed by atoms with van der Waals surface area (Å²) in [5, 5.41) is 0. The molecule has 0 saturated carbocycles. The first-order chi connectivity index (χ1) is 6.77. The zero-order chi connectivity index (χ0) is 11.7. The van der Waals surface area contributed by atoms with Gasteiger partial charge in [-0.3, -0.25) is 4.57 Å². The van der Waals surface area contributed by atoms with Gasteiger partial charge in [-0.25, -0.2) is 9.34 Å². The standard InChI is InChI=1S/C10H25N2OPSi/c1-6-11-8-7-9-12(14(11,2)13)10-15(3,4)5/h6-10H2,1-5H3. The van der Waals surface area contributed by atoms with Crippen LogP contribution in [0.2, 0.25) is 19.6 Å². The molecule has 0 spiro atoms. The minimum atomic E-state index is -2.20. The smallest absolute Gasteiger partial charge is 0.213 e. The minimum Gasteiger partial charge on any atom is -0.289 e. The largest absolute Gasteiger partial charge is 0.289 e. The molecule has 1 heterocycles. The first-order valence-corrected chi connectivity index (χ1v) is 11.6. The van der Waals surface area contributed by atoms with Crippen LogP contribution in [0.4, 0.5) is 0 Å². The van der Waals surface area contributed by atoms with Crippen molar-refractivity contribution >= 4 is 15.5 Å². The predicted octanol–water partition coefficient (Wildman–Crippen LogP) is 2.71. The summed E-state index contributed by atoms with van der Waals surface area (Å²) in [6.45, 7) is 14.0. The molecule has 1 saturated heterocycles. The highest BCUT2D eigenvalue weighted by Crippen LogP contribution is 2.52. The van der Waals surface area contributed by atoms with Crippen molar-refractivity contribution in [1.82, 2.24) is 9.34 Å². The lowest BCUT2D eigenvalue weighted by Gasteiger charge is -2.43. The quantitative estimate of drug-likeness (QED) is 0.567. The van der Waals surface area contributed by atoms with Crippen molar-refractivity contribution in [2.75, 3.05) is 32.5 Å². The van der Waals surface area contributed by atoms with E-state index in [1.807, 2.05) is 6.66 Å². The third kappa shape index (κ3) is 3.41. The lowest BCUT2D eigenvalue weighted by atomic mass is 10.4. The Balaban J connectivity index is 2.76. The molecule has 0 bridgehead atoms. The SMILES string of the molecule is CCN1CCCN(C[Si](C)(C)C)P1(C)=O. The zero-order valence-corrected chi connectivity index (χ0v) is 12.7. The van der Waals surface area contributed by atoms with Crippen molar-refractivity contribution in [3.8, 4) is 0 Å². The van der Waals surface area contributed by atoms with Crippen LogP contribution in [0.3, 0.4) is 0 Å². The number of rotatable bonds is 3. The molecule has 1 atom stereocenters. The van der Waals surface area contributed by atoms with Gasteiger partial charge in [0, 0.05) is 26.3 Å². The average Bonchev–Trinajstić information content (AvgIpc) is 2.06. The maximum Gasteiger partial charge on any atom is 0.213 e. The lowest BCUT2D eigenvalue weighted by molar-refractivity contribution is 0.305. The maximum atomic E-state index is 12.7. The van der Waals surface area contributed by atoms with Crippen LogP contribution in [0.15, 0.2) is 0 Å². The molecule has 90 valence electrons. The molecule has 0 amide bonds. The molecule has 0 aromatic heterocycles. The molecule has 5 heteroatoms. The van der Waals surface area contributed by atoms with Crippen molar-refractivity contribution in [2.45, 2.75) is 33.0 Å². The van der Waals surface area contributed by atoms with E-state index in [0.29, 0.717) is 0 Å². The van der Waals surface area contributed by atoms with E-state index in [9.17, 15) is 4.57 Å². The maximum absolute atomic E-state index is 12.7. The van der Waals surface area contributed by atoms with E-state index < -0.39 is 15.5 Å². The molecule has 0 N–H and O–H groups in total. The first kappa shape index (κ1) is 13.4. The second kappa shape index (κ2) is 4.70. The van der Waals surface area contributed by atoms with E-state index >= 15 is 0 Å². The Morgan fingerprint density at radius 1 is 1.20 bits per heavy atom. The molecule has 0 radical (unpaired) electrons. The Morgan fingerprint density at radius 2 is 1.73 bits per heavy atom. The summed E-state index contributed by atoms with van der Waals surface area (Å²) in [5.74, 6) is 0. The molecule has 1 aliphatic rings. The van der Waals surface area contributed by atoms with Gasteiger partial charge in [0.25, 0.3) is 0 Å². The Morgan fingerprint density at radius 3 is 2.20 bits per heavy atom. The van der Waals surface area contributed by atoms with Crippen molar-refractivity contribution in [2.24, 2.45) is 0 Å². The van der Waals surface area contributed by atoms with Crippen molar-refractivity contribution in [1.29, 1.82) is 0 Å². The molecule has 3 nitrogen and oxygen atoms in total. The molecule has 1 rings (SSSR count). The Kier molecular flexibility index (Phi) is 4.21. The van der Waals surface area contributed by atoms with Gasteiger partial charge in [0.05, 0.1) is 8.07 Å². The topological polar surface area (TPSA) is 23.6 Å². The van der Waals surface area contributed by atoms with Crippen LogP contribution >= 0.6 is 7.44 Å². The average molecular weight is 248 g/mol. The number of nitrogens with zero attached hydrogens (tertiary/aromatic N) is 2. The van der Waals surface area contributed by atoms with Crippen LogP contribution in [-0.2, 0) is 4.57 Å². The van der Waals surface area contributed by atoms with Crippen LogP contribution in [0.1, 0.15) is 13.3 Å². The Bertz CT molecular complexity index is 265. The molecule has 0 aliphatic carbocycles. The monoisotopic (exact) mass is 248 g/mol. The van der Waals surface area contributed by atoms with Crippen LogP contribution in [0, 0.1) is 0 Å². The van der Waals surface area contributed by atoms with E-state index in [2.05, 4.69) is 35.9 Å². The summed E-state index contributed by atoms with van der Waals surface area (Å²) < 4.78 is 17.1. The zero-order valence-electron chi connectivity index (χ0n) is 10.8. The molecule has 1 aliphatic heterocycles. The van der Waals surface area contributed by atoms with Gasteiger partial charge in [-0.05, 0) is 12.6 Å². The van der Waals surface area contributed by atoms with Gasteiger partial charge in [-0.1, -0.05) is 26.6 Å².